The zero-order chi connectivity index (χ0) is 17.0. The summed E-state index contributed by atoms with van der Waals surface area (Å²) < 4.78 is 11.2. The number of amides is 2. The van der Waals surface area contributed by atoms with Crippen molar-refractivity contribution in [2.75, 3.05) is 26.2 Å². The first-order chi connectivity index (χ1) is 12.2. The van der Waals surface area contributed by atoms with Gasteiger partial charge in [-0.2, -0.15) is 0 Å². The largest absolute Gasteiger partial charge is 0.447 e. The third-order valence-corrected chi connectivity index (χ3v) is 6.27. The molecule has 5 atom stereocenters. The lowest BCUT2D eigenvalue weighted by Gasteiger charge is -2.25. The highest BCUT2D eigenvalue weighted by molar-refractivity contribution is 5.83. The van der Waals surface area contributed by atoms with Crippen LogP contribution < -0.4 is 0 Å². The van der Waals surface area contributed by atoms with Crippen molar-refractivity contribution >= 4 is 12.0 Å². The maximum Gasteiger partial charge on any atom is 0.410 e. The molecule has 1 aromatic carbocycles. The molecule has 4 saturated heterocycles. The van der Waals surface area contributed by atoms with Crippen LogP contribution in [0, 0.1) is 11.8 Å². The van der Waals surface area contributed by atoms with Crippen LogP contribution in [-0.2, 0) is 14.3 Å². The molecule has 0 saturated carbocycles. The quantitative estimate of drug-likeness (QED) is 0.841. The first-order valence-corrected chi connectivity index (χ1v) is 9.12. The highest BCUT2D eigenvalue weighted by Crippen LogP contribution is 2.47. The summed E-state index contributed by atoms with van der Waals surface area (Å²) in [6.07, 6.45) is 2.53. The summed E-state index contributed by atoms with van der Waals surface area (Å²) in [5.74, 6) is 0.991. The van der Waals surface area contributed by atoms with E-state index in [0.717, 1.165) is 31.5 Å². The minimum absolute atomic E-state index is 0.0218. The van der Waals surface area contributed by atoms with Crippen molar-refractivity contribution in [1.29, 1.82) is 0 Å². The van der Waals surface area contributed by atoms with Crippen LogP contribution in [0.15, 0.2) is 30.3 Å². The van der Waals surface area contributed by atoms with E-state index in [1.54, 1.807) is 4.90 Å². The lowest BCUT2D eigenvalue weighted by atomic mass is 9.82. The van der Waals surface area contributed by atoms with E-state index in [-0.39, 0.29) is 18.5 Å². The molecule has 4 heterocycles. The van der Waals surface area contributed by atoms with Gasteiger partial charge in [-0.25, -0.2) is 4.79 Å². The molecular formula is C19H22N2O4. The summed E-state index contributed by atoms with van der Waals surface area (Å²) in [6, 6.07) is 9.58. The lowest BCUT2D eigenvalue weighted by Crippen LogP contribution is -2.41. The Morgan fingerprint density at radius 2 is 1.76 bits per heavy atom. The molecule has 25 heavy (non-hydrogen) atoms. The van der Waals surface area contributed by atoms with Crippen LogP contribution in [0.25, 0.3) is 0 Å². The molecule has 4 fully saturated rings. The number of cyclic esters (lactones) is 1. The van der Waals surface area contributed by atoms with Gasteiger partial charge < -0.3 is 14.4 Å². The first kappa shape index (κ1) is 15.2. The molecule has 4 aliphatic rings. The molecule has 6 nitrogen and oxygen atoms in total. The average Bonchev–Trinajstić information content (AvgIpc) is 3.37. The molecule has 1 aromatic rings. The van der Waals surface area contributed by atoms with Crippen molar-refractivity contribution < 1.29 is 19.1 Å². The number of hydrogen-bond acceptors (Lipinski definition) is 4. The number of rotatable bonds is 3. The van der Waals surface area contributed by atoms with Gasteiger partial charge in [0.1, 0.15) is 13.2 Å². The van der Waals surface area contributed by atoms with E-state index in [1.807, 2.05) is 35.2 Å². The summed E-state index contributed by atoms with van der Waals surface area (Å²) >= 11 is 0. The summed E-state index contributed by atoms with van der Waals surface area (Å²) in [4.78, 5) is 28.4. The van der Waals surface area contributed by atoms with Crippen molar-refractivity contribution in [3.63, 3.8) is 0 Å². The molecule has 6 heteroatoms. The fourth-order valence-electron chi connectivity index (χ4n) is 4.99. The Morgan fingerprint density at radius 3 is 2.44 bits per heavy atom. The van der Waals surface area contributed by atoms with Crippen LogP contribution in [0.5, 0.6) is 0 Å². The van der Waals surface area contributed by atoms with Crippen LogP contribution in [0.2, 0.25) is 0 Å². The van der Waals surface area contributed by atoms with E-state index >= 15 is 0 Å². The fourth-order valence-corrected chi connectivity index (χ4v) is 4.99. The molecule has 132 valence electrons. The van der Waals surface area contributed by atoms with Crippen molar-refractivity contribution in [1.82, 2.24) is 9.80 Å². The molecule has 0 N–H and O–H groups in total. The van der Waals surface area contributed by atoms with Gasteiger partial charge in [0.15, 0.2) is 0 Å². The van der Waals surface area contributed by atoms with Crippen LogP contribution in [0.3, 0.4) is 0 Å². The Labute approximate surface area is 146 Å². The number of carbonyl (C=O) groups excluding carboxylic acids is 2. The molecule has 2 amide bonds. The first-order valence-electron chi connectivity index (χ1n) is 9.12. The second kappa shape index (κ2) is 5.73. The van der Waals surface area contributed by atoms with Crippen LogP contribution >= 0.6 is 0 Å². The van der Waals surface area contributed by atoms with Crippen LogP contribution in [-0.4, -0.2) is 60.2 Å². The predicted octanol–water partition coefficient (Wildman–Crippen LogP) is 1.82. The van der Waals surface area contributed by atoms with Gasteiger partial charge in [-0.15, -0.1) is 0 Å². The summed E-state index contributed by atoms with van der Waals surface area (Å²) in [5, 5.41) is 0. The fraction of sp³-hybridized carbons (Fsp3) is 0.579. The third-order valence-electron chi connectivity index (χ3n) is 6.27. The van der Waals surface area contributed by atoms with Gasteiger partial charge >= 0.3 is 6.09 Å². The van der Waals surface area contributed by atoms with Gasteiger partial charge in [0.05, 0.1) is 18.2 Å². The molecular weight excluding hydrogens is 320 g/mol. The van der Waals surface area contributed by atoms with Crippen molar-refractivity contribution in [2.24, 2.45) is 11.8 Å². The number of likely N-dealkylation sites (tertiary alicyclic amines) is 1. The second-order valence-corrected chi connectivity index (χ2v) is 7.55. The number of hydrogen-bond donors (Lipinski definition) is 0. The van der Waals surface area contributed by atoms with E-state index in [9.17, 15) is 9.59 Å². The molecule has 5 unspecified atom stereocenters. The predicted molar refractivity (Wildman–Crippen MR) is 88.7 cm³/mol. The van der Waals surface area contributed by atoms with Crippen molar-refractivity contribution in [3.8, 4) is 0 Å². The van der Waals surface area contributed by atoms with E-state index in [2.05, 4.69) is 0 Å². The maximum absolute atomic E-state index is 12.8. The SMILES string of the molecule is O=C(CN1C(=O)OCC1c1ccccc1)N1CC2C3CCC(O3)C2C1. The Hall–Kier alpha value is -2.08. The van der Waals surface area contributed by atoms with Crippen LogP contribution in [0.4, 0.5) is 4.79 Å². The lowest BCUT2D eigenvalue weighted by molar-refractivity contribution is -0.131. The molecule has 2 bridgehead atoms. The standard InChI is InChI=1S/C19H22N2O4/c22-18(20-8-13-14(9-20)17-7-6-16(13)25-17)10-21-15(11-24-19(21)23)12-4-2-1-3-5-12/h1-5,13-17H,6-11H2. The summed E-state index contributed by atoms with van der Waals surface area (Å²) in [5.41, 5.74) is 1.01. The summed E-state index contributed by atoms with van der Waals surface area (Å²) in [7, 11) is 0. The number of nitrogens with zero attached hydrogens (tertiary/aromatic N) is 2. The van der Waals surface area contributed by atoms with Crippen molar-refractivity contribution in [3.05, 3.63) is 35.9 Å². The van der Waals surface area contributed by atoms with Gasteiger partial charge in [-0.1, -0.05) is 30.3 Å². The Morgan fingerprint density at radius 1 is 1.08 bits per heavy atom. The van der Waals surface area contributed by atoms with Gasteiger partial charge in [0.25, 0.3) is 0 Å². The highest BCUT2D eigenvalue weighted by atomic mass is 16.6. The van der Waals surface area contributed by atoms with Gasteiger partial charge in [0.2, 0.25) is 5.91 Å². The molecule has 0 aliphatic carbocycles. The molecule has 5 rings (SSSR count). The van der Waals surface area contributed by atoms with Gasteiger partial charge in [-0.3, -0.25) is 9.69 Å². The Bertz CT molecular complexity index is 676. The molecule has 4 aliphatic heterocycles. The van der Waals surface area contributed by atoms with E-state index < -0.39 is 6.09 Å². The molecule has 0 spiro atoms. The van der Waals surface area contributed by atoms with E-state index in [1.165, 1.54) is 0 Å². The van der Waals surface area contributed by atoms with E-state index in [4.69, 9.17) is 9.47 Å². The van der Waals surface area contributed by atoms with Gasteiger partial charge in [0, 0.05) is 24.9 Å². The van der Waals surface area contributed by atoms with Crippen LogP contribution in [0.1, 0.15) is 24.4 Å². The molecule has 0 radical (unpaired) electrons. The zero-order valence-corrected chi connectivity index (χ0v) is 14.0. The van der Waals surface area contributed by atoms with Crippen molar-refractivity contribution in [2.45, 2.75) is 31.1 Å². The topological polar surface area (TPSA) is 59.1 Å². The minimum Gasteiger partial charge on any atom is -0.447 e. The third kappa shape index (κ3) is 2.42. The van der Waals surface area contributed by atoms with Gasteiger partial charge in [-0.05, 0) is 18.4 Å². The average molecular weight is 342 g/mol. The number of fused-ring (bicyclic) bond motifs is 5. The normalized spacial score (nSPS) is 36.0. The minimum atomic E-state index is -0.398. The van der Waals surface area contributed by atoms with E-state index in [0.29, 0.717) is 30.7 Å². The molecule has 0 aromatic heterocycles. The monoisotopic (exact) mass is 342 g/mol. The zero-order valence-electron chi connectivity index (χ0n) is 14.0. The number of carbonyl (C=O) groups is 2. The smallest absolute Gasteiger partial charge is 0.410 e. The number of benzene rings is 1. The Kier molecular flexibility index (Phi) is 3.48. The maximum atomic E-state index is 12.8. The summed E-state index contributed by atoms with van der Waals surface area (Å²) in [6.45, 7) is 1.93. The second-order valence-electron chi connectivity index (χ2n) is 7.55. The number of ether oxygens (including phenoxy) is 2. The Balaban J connectivity index is 1.28. The highest BCUT2D eigenvalue weighted by Gasteiger charge is 2.54.